The molecule has 2 amide bonds. The van der Waals surface area contributed by atoms with E-state index in [1.807, 2.05) is 31.2 Å². The molecule has 5 heteroatoms. The van der Waals surface area contributed by atoms with Crippen molar-refractivity contribution in [3.63, 3.8) is 0 Å². The minimum Gasteiger partial charge on any atom is -0.494 e. The smallest absolute Gasteiger partial charge is 0.255 e. The van der Waals surface area contributed by atoms with E-state index in [2.05, 4.69) is 17.6 Å². The highest BCUT2D eigenvalue weighted by Gasteiger charge is 2.08. The van der Waals surface area contributed by atoms with Gasteiger partial charge in [-0.05, 0) is 55.3 Å². The van der Waals surface area contributed by atoms with Crippen LogP contribution in [0.15, 0.2) is 42.5 Å². The summed E-state index contributed by atoms with van der Waals surface area (Å²) >= 11 is 0. The van der Waals surface area contributed by atoms with E-state index in [1.54, 1.807) is 18.2 Å². The second-order valence-corrected chi connectivity index (χ2v) is 6.95. The molecule has 0 aliphatic rings. The summed E-state index contributed by atoms with van der Waals surface area (Å²) < 4.78 is 5.73. The first-order valence-corrected chi connectivity index (χ1v) is 9.92. The van der Waals surface area contributed by atoms with Crippen molar-refractivity contribution in [3.8, 4) is 5.75 Å². The zero-order chi connectivity index (χ0) is 20.4. The van der Waals surface area contributed by atoms with E-state index in [4.69, 9.17) is 4.74 Å². The second-order valence-electron chi connectivity index (χ2n) is 6.95. The highest BCUT2D eigenvalue weighted by atomic mass is 16.5. The summed E-state index contributed by atoms with van der Waals surface area (Å²) in [6.45, 7) is 6.26. The lowest BCUT2D eigenvalue weighted by molar-refractivity contribution is -0.114. The molecular weight excluding hydrogens is 352 g/mol. The van der Waals surface area contributed by atoms with Crippen molar-refractivity contribution in [2.24, 2.45) is 0 Å². The maximum atomic E-state index is 12.5. The lowest BCUT2D eigenvalue weighted by Crippen LogP contribution is -2.13. The van der Waals surface area contributed by atoms with Gasteiger partial charge in [0.2, 0.25) is 5.91 Å². The van der Waals surface area contributed by atoms with Crippen LogP contribution in [0, 0.1) is 6.92 Å². The quantitative estimate of drug-likeness (QED) is 0.529. The van der Waals surface area contributed by atoms with Crippen molar-refractivity contribution in [1.29, 1.82) is 0 Å². The molecule has 0 bridgehead atoms. The third-order valence-corrected chi connectivity index (χ3v) is 4.44. The van der Waals surface area contributed by atoms with Gasteiger partial charge in [0.25, 0.3) is 5.91 Å². The lowest BCUT2D eigenvalue weighted by atomic mass is 10.1. The van der Waals surface area contributed by atoms with E-state index in [9.17, 15) is 9.59 Å². The van der Waals surface area contributed by atoms with Gasteiger partial charge in [0.15, 0.2) is 0 Å². The standard InChI is InChI=1S/C23H30N2O3/c1-4-5-6-7-8-15-28-21-13-10-19(11-14-21)23(27)25-20-12-9-17(2)22(16-20)24-18(3)26/h9-14,16H,4-8,15H2,1-3H3,(H,24,26)(H,25,27). The fourth-order valence-corrected chi connectivity index (χ4v) is 2.83. The molecule has 0 heterocycles. The average molecular weight is 383 g/mol. The van der Waals surface area contributed by atoms with Gasteiger partial charge in [-0.3, -0.25) is 9.59 Å². The summed E-state index contributed by atoms with van der Waals surface area (Å²) in [4.78, 5) is 23.7. The monoisotopic (exact) mass is 382 g/mol. The molecule has 28 heavy (non-hydrogen) atoms. The number of aryl methyl sites for hydroxylation is 1. The van der Waals surface area contributed by atoms with Crippen LogP contribution < -0.4 is 15.4 Å². The Morgan fingerprint density at radius 2 is 1.64 bits per heavy atom. The first kappa shape index (κ1) is 21.5. The Hall–Kier alpha value is -2.82. The van der Waals surface area contributed by atoms with Crippen molar-refractivity contribution >= 4 is 23.2 Å². The third-order valence-electron chi connectivity index (χ3n) is 4.44. The molecular formula is C23H30N2O3. The second kappa shape index (κ2) is 11.1. The molecule has 5 nitrogen and oxygen atoms in total. The number of hydrogen-bond acceptors (Lipinski definition) is 3. The van der Waals surface area contributed by atoms with Crippen molar-refractivity contribution in [2.75, 3.05) is 17.2 Å². The number of rotatable bonds is 10. The number of amides is 2. The zero-order valence-corrected chi connectivity index (χ0v) is 17.0. The molecule has 2 aromatic rings. The number of anilines is 2. The predicted octanol–water partition coefficient (Wildman–Crippen LogP) is 5.55. The molecule has 150 valence electrons. The van der Waals surface area contributed by atoms with Crippen LogP contribution in [0.25, 0.3) is 0 Å². The predicted molar refractivity (Wildman–Crippen MR) is 114 cm³/mol. The molecule has 0 aliphatic heterocycles. The summed E-state index contributed by atoms with van der Waals surface area (Å²) in [5.74, 6) is 0.423. The Kier molecular flexibility index (Phi) is 8.53. The van der Waals surface area contributed by atoms with Gasteiger partial charge in [0.05, 0.1) is 6.61 Å². The molecule has 0 aliphatic carbocycles. The molecule has 0 saturated carbocycles. The topological polar surface area (TPSA) is 67.4 Å². The molecule has 0 radical (unpaired) electrons. The Labute approximate surface area is 167 Å². The summed E-state index contributed by atoms with van der Waals surface area (Å²) in [7, 11) is 0. The average Bonchev–Trinajstić information content (AvgIpc) is 2.67. The Bertz CT molecular complexity index is 785. The van der Waals surface area contributed by atoms with Gasteiger partial charge in [-0.15, -0.1) is 0 Å². The van der Waals surface area contributed by atoms with E-state index in [0.29, 0.717) is 23.5 Å². The maximum Gasteiger partial charge on any atom is 0.255 e. The summed E-state index contributed by atoms with van der Waals surface area (Å²) in [5, 5.41) is 5.62. The summed E-state index contributed by atoms with van der Waals surface area (Å²) in [6.07, 6.45) is 6.00. The van der Waals surface area contributed by atoms with Crippen LogP contribution >= 0.6 is 0 Å². The molecule has 2 aromatic carbocycles. The molecule has 0 spiro atoms. The van der Waals surface area contributed by atoms with Gasteiger partial charge < -0.3 is 15.4 Å². The molecule has 0 saturated heterocycles. The Balaban J connectivity index is 1.88. The van der Waals surface area contributed by atoms with Crippen LogP contribution in [0.5, 0.6) is 5.75 Å². The minimum absolute atomic E-state index is 0.146. The number of carbonyl (C=O) groups excluding carboxylic acids is 2. The SMILES string of the molecule is CCCCCCCOc1ccc(C(=O)Nc2ccc(C)c(NC(C)=O)c2)cc1. The number of benzene rings is 2. The number of unbranched alkanes of at least 4 members (excludes halogenated alkanes) is 4. The van der Waals surface area contributed by atoms with Gasteiger partial charge in [-0.2, -0.15) is 0 Å². The van der Waals surface area contributed by atoms with Crippen molar-refractivity contribution < 1.29 is 14.3 Å². The van der Waals surface area contributed by atoms with E-state index < -0.39 is 0 Å². The maximum absolute atomic E-state index is 12.5. The molecule has 2 N–H and O–H groups in total. The van der Waals surface area contributed by atoms with E-state index in [0.717, 1.165) is 17.7 Å². The normalized spacial score (nSPS) is 10.4. The van der Waals surface area contributed by atoms with Crippen LogP contribution in [0.2, 0.25) is 0 Å². The van der Waals surface area contributed by atoms with Crippen molar-refractivity contribution in [2.45, 2.75) is 52.9 Å². The first-order chi connectivity index (χ1) is 13.5. The van der Waals surface area contributed by atoms with Crippen LogP contribution in [-0.2, 0) is 4.79 Å². The first-order valence-electron chi connectivity index (χ1n) is 9.92. The van der Waals surface area contributed by atoms with Crippen molar-refractivity contribution in [1.82, 2.24) is 0 Å². The highest BCUT2D eigenvalue weighted by Crippen LogP contribution is 2.21. The molecule has 0 aromatic heterocycles. The number of hydrogen-bond donors (Lipinski definition) is 2. The third kappa shape index (κ3) is 7.06. The number of ether oxygens (including phenoxy) is 1. The molecule has 0 atom stereocenters. The van der Waals surface area contributed by atoms with E-state index in [-0.39, 0.29) is 11.8 Å². The van der Waals surface area contributed by atoms with Crippen LogP contribution in [0.1, 0.15) is 61.9 Å². The number of carbonyl (C=O) groups is 2. The fourth-order valence-electron chi connectivity index (χ4n) is 2.83. The molecule has 0 fully saturated rings. The Morgan fingerprint density at radius 3 is 2.32 bits per heavy atom. The van der Waals surface area contributed by atoms with Gasteiger partial charge in [-0.1, -0.05) is 38.7 Å². The fraction of sp³-hybridized carbons (Fsp3) is 0.391. The largest absolute Gasteiger partial charge is 0.494 e. The lowest BCUT2D eigenvalue weighted by Gasteiger charge is -2.11. The van der Waals surface area contributed by atoms with Gasteiger partial charge >= 0.3 is 0 Å². The van der Waals surface area contributed by atoms with E-state index in [1.165, 1.54) is 32.6 Å². The molecule has 2 rings (SSSR count). The van der Waals surface area contributed by atoms with E-state index >= 15 is 0 Å². The van der Waals surface area contributed by atoms with Crippen LogP contribution in [-0.4, -0.2) is 18.4 Å². The van der Waals surface area contributed by atoms with Crippen LogP contribution in [0.4, 0.5) is 11.4 Å². The summed E-state index contributed by atoms with van der Waals surface area (Å²) in [5.41, 5.74) is 2.81. The molecule has 0 unspecified atom stereocenters. The van der Waals surface area contributed by atoms with Gasteiger partial charge in [0.1, 0.15) is 5.75 Å². The zero-order valence-electron chi connectivity index (χ0n) is 17.0. The van der Waals surface area contributed by atoms with Gasteiger partial charge in [0, 0.05) is 23.9 Å². The van der Waals surface area contributed by atoms with Crippen LogP contribution in [0.3, 0.4) is 0 Å². The highest BCUT2D eigenvalue weighted by molar-refractivity contribution is 6.04. The summed E-state index contributed by atoms with van der Waals surface area (Å²) in [6, 6.07) is 12.6. The van der Waals surface area contributed by atoms with Gasteiger partial charge in [-0.25, -0.2) is 0 Å². The number of nitrogens with one attached hydrogen (secondary N) is 2. The van der Waals surface area contributed by atoms with Crippen molar-refractivity contribution in [3.05, 3.63) is 53.6 Å². The Morgan fingerprint density at radius 1 is 0.929 bits per heavy atom. The minimum atomic E-state index is -0.205.